The Labute approximate surface area is 131 Å². The lowest BCUT2D eigenvalue weighted by Gasteiger charge is -2.14. The minimum atomic E-state index is 0.373. The largest absolute Gasteiger partial charge is 0.0946 e. The zero-order chi connectivity index (χ0) is 14.9. The number of hydrogen-bond donors (Lipinski definition) is 0. The first-order valence-electron chi connectivity index (χ1n) is 7.74. The molecule has 4 rings (SSSR count). The molecule has 0 spiro atoms. The molecule has 1 atom stereocenters. The van der Waals surface area contributed by atoms with E-state index in [0.717, 1.165) is 6.42 Å². The summed E-state index contributed by atoms with van der Waals surface area (Å²) in [6, 6.07) is 21.2. The highest BCUT2D eigenvalue weighted by atomic mass is 14.4. The SMILES string of the molecule is C=C1C(=Cc2ccccc2)CC2=CC=C(c3ccccc3)C12. The predicted molar refractivity (Wildman–Crippen MR) is 94.2 cm³/mol. The van der Waals surface area contributed by atoms with Crippen LogP contribution in [0.3, 0.4) is 0 Å². The molecule has 106 valence electrons. The summed E-state index contributed by atoms with van der Waals surface area (Å²) in [7, 11) is 0. The van der Waals surface area contributed by atoms with Gasteiger partial charge in [0.1, 0.15) is 0 Å². The van der Waals surface area contributed by atoms with Crippen molar-refractivity contribution < 1.29 is 0 Å². The number of fused-ring (bicyclic) bond motifs is 1. The van der Waals surface area contributed by atoms with Crippen molar-refractivity contribution in [2.24, 2.45) is 5.92 Å². The van der Waals surface area contributed by atoms with E-state index < -0.39 is 0 Å². The van der Waals surface area contributed by atoms with E-state index >= 15 is 0 Å². The highest BCUT2D eigenvalue weighted by molar-refractivity contribution is 5.82. The maximum Gasteiger partial charge on any atom is 0.0308 e. The van der Waals surface area contributed by atoms with Crippen LogP contribution in [0.2, 0.25) is 0 Å². The standard InChI is InChI=1S/C22H18/c1-16-20(14-17-8-4-2-5-9-17)15-19-12-13-21(22(16)19)18-10-6-3-7-11-18/h2-14,22H,1,15H2. The molecular formula is C22H18. The van der Waals surface area contributed by atoms with E-state index in [1.807, 2.05) is 0 Å². The van der Waals surface area contributed by atoms with Crippen LogP contribution >= 0.6 is 0 Å². The molecule has 1 fully saturated rings. The van der Waals surface area contributed by atoms with Crippen molar-refractivity contribution in [3.8, 4) is 0 Å². The second kappa shape index (κ2) is 5.31. The molecule has 2 aromatic rings. The first-order chi connectivity index (χ1) is 10.8. The fourth-order valence-corrected chi connectivity index (χ4v) is 3.47. The molecule has 1 saturated carbocycles. The Balaban J connectivity index is 1.67. The van der Waals surface area contributed by atoms with E-state index in [1.165, 1.54) is 33.4 Å². The van der Waals surface area contributed by atoms with Crippen molar-refractivity contribution >= 4 is 11.6 Å². The third-order valence-electron chi connectivity index (χ3n) is 4.56. The van der Waals surface area contributed by atoms with Crippen LogP contribution in [-0.4, -0.2) is 0 Å². The quantitative estimate of drug-likeness (QED) is 0.665. The molecule has 0 N–H and O–H groups in total. The van der Waals surface area contributed by atoms with E-state index in [2.05, 4.69) is 85.5 Å². The van der Waals surface area contributed by atoms with Gasteiger partial charge in [-0.05, 0) is 34.3 Å². The Bertz CT molecular complexity index is 802. The minimum absolute atomic E-state index is 0.373. The van der Waals surface area contributed by atoms with Gasteiger partial charge in [0, 0.05) is 5.92 Å². The third kappa shape index (κ3) is 2.17. The third-order valence-corrected chi connectivity index (χ3v) is 4.56. The monoisotopic (exact) mass is 282 g/mol. The summed E-state index contributed by atoms with van der Waals surface area (Å²) >= 11 is 0. The summed E-state index contributed by atoms with van der Waals surface area (Å²) < 4.78 is 0. The van der Waals surface area contributed by atoms with Crippen LogP contribution in [0.4, 0.5) is 0 Å². The lowest BCUT2D eigenvalue weighted by Crippen LogP contribution is -1.99. The number of allylic oxidation sites excluding steroid dienone is 6. The second-order valence-corrected chi connectivity index (χ2v) is 5.94. The fraction of sp³-hybridized carbons (Fsp3) is 0.0909. The van der Waals surface area contributed by atoms with Crippen LogP contribution < -0.4 is 0 Å². The van der Waals surface area contributed by atoms with Crippen molar-refractivity contribution in [1.29, 1.82) is 0 Å². The molecule has 0 heterocycles. The molecule has 2 aromatic carbocycles. The normalized spacial score (nSPS) is 21.7. The topological polar surface area (TPSA) is 0 Å². The average molecular weight is 282 g/mol. The molecule has 2 aliphatic rings. The summed E-state index contributed by atoms with van der Waals surface area (Å²) in [6.45, 7) is 4.40. The van der Waals surface area contributed by atoms with Gasteiger partial charge in [0.15, 0.2) is 0 Å². The highest BCUT2D eigenvalue weighted by Crippen LogP contribution is 2.50. The number of benzene rings is 2. The molecular weight excluding hydrogens is 264 g/mol. The zero-order valence-electron chi connectivity index (χ0n) is 12.5. The summed E-state index contributed by atoms with van der Waals surface area (Å²) in [4.78, 5) is 0. The summed E-state index contributed by atoms with van der Waals surface area (Å²) in [5, 5.41) is 0. The van der Waals surface area contributed by atoms with Gasteiger partial charge in [-0.2, -0.15) is 0 Å². The predicted octanol–water partition coefficient (Wildman–Crippen LogP) is 5.67. The summed E-state index contributed by atoms with van der Waals surface area (Å²) in [6.07, 6.45) is 7.85. The summed E-state index contributed by atoms with van der Waals surface area (Å²) in [5.74, 6) is 0.373. The van der Waals surface area contributed by atoms with Crippen LogP contribution in [0.15, 0.2) is 96.1 Å². The molecule has 0 saturated heterocycles. The van der Waals surface area contributed by atoms with Gasteiger partial charge in [0.2, 0.25) is 0 Å². The van der Waals surface area contributed by atoms with Crippen molar-refractivity contribution in [3.63, 3.8) is 0 Å². The number of rotatable bonds is 2. The second-order valence-electron chi connectivity index (χ2n) is 5.94. The van der Waals surface area contributed by atoms with Gasteiger partial charge in [0.25, 0.3) is 0 Å². The first kappa shape index (κ1) is 13.1. The van der Waals surface area contributed by atoms with E-state index in [1.54, 1.807) is 0 Å². The van der Waals surface area contributed by atoms with Gasteiger partial charge in [-0.15, -0.1) is 0 Å². The van der Waals surface area contributed by atoms with Gasteiger partial charge in [0.05, 0.1) is 0 Å². The molecule has 22 heavy (non-hydrogen) atoms. The van der Waals surface area contributed by atoms with Crippen molar-refractivity contribution in [1.82, 2.24) is 0 Å². The molecule has 1 unspecified atom stereocenters. The average Bonchev–Trinajstić information content (AvgIpc) is 3.11. The molecule has 0 bridgehead atoms. The Morgan fingerprint density at radius 3 is 2.27 bits per heavy atom. The molecule has 0 nitrogen and oxygen atoms in total. The molecule has 0 heteroatoms. The smallest absolute Gasteiger partial charge is 0.0308 e. The number of hydrogen-bond acceptors (Lipinski definition) is 0. The van der Waals surface area contributed by atoms with E-state index in [4.69, 9.17) is 0 Å². The lowest BCUT2D eigenvalue weighted by atomic mass is 9.89. The van der Waals surface area contributed by atoms with Crippen LogP contribution in [-0.2, 0) is 0 Å². The molecule has 0 amide bonds. The van der Waals surface area contributed by atoms with Crippen LogP contribution in [0, 0.1) is 5.92 Å². The Morgan fingerprint density at radius 1 is 0.864 bits per heavy atom. The summed E-state index contributed by atoms with van der Waals surface area (Å²) in [5.41, 5.74) is 8.04. The van der Waals surface area contributed by atoms with Gasteiger partial charge in [-0.3, -0.25) is 0 Å². The van der Waals surface area contributed by atoms with Gasteiger partial charge in [-0.1, -0.05) is 91.0 Å². The first-order valence-corrected chi connectivity index (χ1v) is 7.74. The van der Waals surface area contributed by atoms with Crippen LogP contribution in [0.25, 0.3) is 11.6 Å². The Kier molecular flexibility index (Phi) is 3.16. The molecule has 0 radical (unpaired) electrons. The fourth-order valence-electron chi connectivity index (χ4n) is 3.47. The lowest BCUT2D eigenvalue weighted by molar-refractivity contribution is 1.02. The maximum atomic E-state index is 4.40. The van der Waals surface area contributed by atoms with E-state index in [0.29, 0.717) is 5.92 Å². The van der Waals surface area contributed by atoms with Crippen LogP contribution in [0.1, 0.15) is 17.5 Å². The Morgan fingerprint density at radius 2 is 1.55 bits per heavy atom. The van der Waals surface area contributed by atoms with Gasteiger partial charge >= 0.3 is 0 Å². The molecule has 2 aliphatic carbocycles. The van der Waals surface area contributed by atoms with E-state index in [9.17, 15) is 0 Å². The van der Waals surface area contributed by atoms with E-state index in [-0.39, 0.29) is 0 Å². The van der Waals surface area contributed by atoms with Gasteiger partial charge < -0.3 is 0 Å². The van der Waals surface area contributed by atoms with Crippen molar-refractivity contribution in [2.45, 2.75) is 6.42 Å². The zero-order valence-corrected chi connectivity index (χ0v) is 12.5. The Hall–Kier alpha value is -2.60. The maximum absolute atomic E-state index is 4.40. The minimum Gasteiger partial charge on any atom is -0.0946 e. The van der Waals surface area contributed by atoms with Crippen LogP contribution in [0.5, 0.6) is 0 Å². The van der Waals surface area contributed by atoms with Gasteiger partial charge in [-0.25, -0.2) is 0 Å². The highest BCUT2D eigenvalue weighted by Gasteiger charge is 2.34. The molecule has 0 aliphatic heterocycles. The van der Waals surface area contributed by atoms with Crippen molar-refractivity contribution in [2.75, 3.05) is 0 Å². The van der Waals surface area contributed by atoms with Crippen molar-refractivity contribution in [3.05, 3.63) is 107 Å². The molecule has 0 aromatic heterocycles.